The molecule has 1 nitrogen and oxygen atoms in total. The zero-order chi connectivity index (χ0) is 7.52. The highest BCUT2D eigenvalue weighted by molar-refractivity contribution is 7.10. The Morgan fingerprint density at radius 3 is 3.18 bits per heavy atom. The van der Waals surface area contributed by atoms with E-state index in [1.54, 1.807) is 4.88 Å². The maximum atomic E-state index is 3.43. The van der Waals surface area contributed by atoms with Crippen molar-refractivity contribution in [3.63, 3.8) is 0 Å². The smallest absolute Gasteiger partial charge is 0.00888 e. The lowest BCUT2D eigenvalue weighted by Crippen LogP contribution is -2.27. The molecule has 2 rings (SSSR count). The van der Waals surface area contributed by atoms with Gasteiger partial charge in [-0.15, -0.1) is 11.3 Å². The summed E-state index contributed by atoms with van der Waals surface area (Å²) < 4.78 is 0. The number of nitrogens with one attached hydrogen (secondary N) is 1. The van der Waals surface area contributed by atoms with Crippen LogP contribution in [0.4, 0.5) is 0 Å². The molecule has 0 saturated carbocycles. The Morgan fingerprint density at radius 1 is 1.55 bits per heavy atom. The molecule has 1 N–H and O–H groups in total. The molecular formula is C9H13NS. The number of hydrogen-bond acceptors (Lipinski definition) is 2. The first-order valence-electron chi connectivity index (χ1n) is 4.21. The first kappa shape index (κ1) is 7.32. The van der Waals surface area contributed by atoms with Gasteiger partial charge in [0, 0.05) is 17.3 Å². The fourth-order valence-corrected chi connectivity index (χ4v) is 2.48. The van der Waals surface area contributed by atoms with Crippen molar-refractivity contribution >= 4 is 11.3 Å². The van der Waals surface area contributed by atoms with E-state index in [1.807, 2.05) is 11.3 Å². The fraction of sp³-hybridized carbons (Fsp3) is 0.556. The van der Waals surface area contributed by atoms with Crippen LogP contribution < -0.4 is 5.32 Å². The van der Waals surface area contributed by atoms with E-state index in [2.05, 4.69) is 22.8 Å². The topological polar surface area (TPSA) is 12.0 Å². The molecule has 60 valence electrons. The van der Waals surface area contributed by atoms with Gasteiger partial charge in [0.05, 0.1) is 0 Å². The summed E-state index contributed by atoms with van der Waals surface area (Å²) in [5.74, 6) is 0.795. The summed E-state index contributed by atoms with van der Waals surface area (Å²) in [6.45, 7) is 2.39. The van der Waals surface area contributed by atoms with Crippen molar-refractivity contribution in [3.05, 3.63) is 22.4 Å². The number of piperidine rings is 1. The monoisotopic (exact) mass is 167 g/mol. The molecule has 1 unspecified atom stereocenters. The zero-order valence-corrected chi connectivity index (χ0v) is 7.36. The Hall–Kier alpha value is -0.340. The first-order chi connectivity index (χ1) is 5.47. The number of hydrogen-bond donors (Lipinski definition) is 1. The summed E-state index contributed by atoms with van der Waals surface area (Å²) in [5.41, 5.74) is 0. The maximum Gasteiger partial charge on any atom is 0.00888 e. The van der Waals surface area contributed by atoms with Gasteiger partial charge in [0.15, 0.2) is 0 Å². The van der Waals surface area contributed by atoms with E-state index in [0.717, 1.165) is 5.92 Å². The molecular weight excluding hydrogens is 154 g/mol. The third-order valence-electron chi connectivity index (χ3n) is 2.24. The first-order valence-corrected chi connectivity index (χ1v) is 5.09. The van der Waals surface area contributed by atoms with Gasteiger partial charge in [0.2, 0.25) is 0 Å². The second kappa shape index (κ2) is 3.37. The molecule has 1 saturated heterocycles. The van der Waals surface area contributed by atoms with Crippen LogP contribution in [0.1, 0.15) is 23.6 Å². The molecule has 0 aliphatic carbocycles. The van der Waals surface area contributed by atoms with Crippen molar-refractivity contribution < 1.29 is 0 Å². The van der Waals surface area contributed by atoms with Crippen molar-refractivity contribution in [2.24, 2.45) is 0 Å². The van der Waals surface area contributed by atoms with Crippen molar-refractivity contribution in [2.45, 2.75) is 18.8 Å². The minimum absolute atomic E-state index is 0.795. The Kier molecular flexibility index (Phi) is 2.24. The highest BCUT2D eigenvalue weighted by atomic mass is 32.1. The summed E-state index contributed by atoms with van der Waals surface area (Å²) in [4.78, 5) is 1.55. The summed E-state index contributed by atoms with van der Waals surface area (Å²) in [7, 11) is 0. The van der Waals surface area contributed by atoms with Gasteiger partial charge in [-0.3, -0.25) is 0 Å². The molecule has 0 spiro atoms. The van der Waals surface area contributed by atoms with E-state index < -0.39 is 0 Å². The molecule has 1 aliphatic rings. The molecule has 1 atom stereocenters. The van der Waals surface area contributed by atoms with Crippen molar-refractivity contribution in [3.8, 4) is 0 Å². The summed E-state index contributed by atoms with van der Waals surface area (Å²) in [5, 5.41) is 5.60. The van der Waals surface area contributed by atoms with Crippen LogP contribution in [-0.2, 0) is 0 Å². The second-order valence-electron chi connectivity index (χ2n) is 3.06. The zero-order valence-electron chi connectivity index (χ0n) is 6.55. The van der Waals surface area contributed by atoms with E-state index in [0.29, 0.717) is 0 Å². The van der Waals surface area contributed by atoms with Gasteiger partial charge in [-0.05, 0) is 30.8 Å². The highest BCUT2D eigenvalue weighted by Crippen LogP contribution is 2.26. The SMILES string of the molecule is c1csc(C2CCCNC2)c1. The van der Waals surface area contributed by atoms with Gasteiger partial charge in [0.25, 0.3) is 0 Å². The van der Waals surface area contributed by atoms with Crippen molar-refractivity contribution in [2.75, 3.05) is 13.1 Å². The van der Waals surface area contributed by atoms with Crippen LogP contribution in [-0.4, -0.2) is 13.1 Å². The summed E-state index contributed by atoms with van der Waals surface area (Å²) in [6.07, 6.45) is 2.70. The van der Waals surface area contributed by atoms with Gasteiger partial charge in [0.1, 0.15) is 0 Å². The van der Waals surface area contributed by atoms with Crippen LogP contribution >= 0.6 is 11.3 Å². The van der Waals surface area contributed by atoms with Crippen LogP contribution in [0.15, 0.2) is 17.5 Å². The fourth-order valence-electron chi connectivity index (χ4n) is 1.62. The maximum absolute atomic E-state index is 3.43. The molecule has 1 aromatic rings. The molecule has 1 aromatic heterocycles. The van der Waals surface area contributed by atoms with Gasteiger partial charge in [-0.2, -0.15) is 0 Å². The van der Waals surface area contributed by atoms with E-state index >= 15 is 0 Å². The molecule has 2 heterocycles. The minimum atomic E-state index is 0.795. The van der Waals surface area contributed by atoms with Crippen LogP contribution in [0.2, 0.25) is 0 Å². The minimum Gasteiger partial charge on any atom is -0.316 e. The lowest BCUT2D eigenvalue weighted by molar-refractivity contribution is 0.466. The average molecular weight is 167 g/mol. The summed E-state index contributed by atoms with van der Waals surface area (Å²) in [6, 6.07) is 4.40. The van der Waals surface area contributed by atoms with Crippen LogP contribution in [0.25, 0.3) is 0 Å². The Morgan fingerprint density at radius 2 is 2.55 bits per heavy atom. The molecule has 11 heavy (non-hydrogen) atoms. The molecule has 0 bridgehead atoms. The quantitative estimate of drug-likeness (QED) is 0.676. The Balaban J connectivity index is 2.04. The van der Waals surface area contributed by atoms with Gasteiger partial charge >= 0.3 is 0 Å². The summed E-state index contributed by atoms with van der Waals surface area (Å²) >= 11 is 1.89. The second-order valence-corrected chi connectivity index (χ2v) is 4.04. The third kappa shape index (κ3) is 1.63. The molecule has 1 aliphatic heterocycles. The predicted molar refractivity (Wildman–Crippen MR) is 49.2 cm³/mol. The van der Waals surface area contributed by atoms with Crippen LogP contribution in [0, 0.1) is 0 Å². The molecule has 1 fully saturated rings. The average Bonchev–Trinajstić information content (AvgIpc) is 2.58. The van der Waals surface area contributed by atoms with E-state index in [4.69, 9.17) is 0 Å². The predicted octanol–water partition coefficient (Wildman–Crippen LogP) is 2.22. The van der Waals surface area contributed by atoms with E-state index in [1.165, 1.54) is 25.9 Å². The van der Waals surface area contributed by atoms with Crippen LogP contribution in [0.3, 0.4) is 0 Å². The van der Waals surface area contributed by atoms with Gasteiger partial charge < -0.3 is 5.32 Å². The molecule has 2 heteroatoms. The Bertz CT molecular complexity index is 199. The molecule has 0 amide bonds. The normalized spacial score (nSPS) is 25.3. The number of rotatable bonds is 1. The lowest BCUT2D eigenvalue weighted by atomic mass is 9.98. The molecule has 0 radical (unpaired) electrons. The van der Waals surface area contributed by atoms with Gasteiger partial charge in [-0.1, -0.05) is 6.07 Å². The molecule has 0 aromatic carbocycles. The van der Waals surface area contributed by atoms with E-state index in [-0.39, 0.29) is 0 Å². The standard InChI is InChI=1S/C9H13NS/c1-3-8(7-10-5-1)9-4-2-6-11-9/h2,4,6,8,10H,1,3,5,7H2. The van der Waals surface area contributed by atoms with E-state index in [9.17, 15) is 0 Å². The Labute approximate surface area is 71.4 Å². The van der Waals surface area contributed by atoms with Crippen molar-refractivity contribution in [1.82, 2.24) is 5.32 Å². The van der Waals surface area contributed by atoms with Crippen molar-refractivity contribution in [1.29, 1.82) is 0 Å². The lowest BCUT2D eigenvalue weighted by Gasteiger charge is -2.21. The highest BCUT2D eigenvalue weighted by Gasteiger charge is 2.14. The number of thiophene rings is 1. The third-order valence-corrected chi connectivity index (χ3v) is 3.28. The largest absolute Gasteiger partial charge is 0.316 e. The van der Waals surface area contributed by atoms with Gasteiger partial charge in [-0.25, -0.2) is 0 Å². The van der Waals surface area contributed by atoms with Crippen LogP contribution in [0.5, 0.6) is 0 Å².